The van der Waals surface area contributed by atoms with Gasteiger partial charge in [0, 0.05) is 18.5 Å². The summed E-state index contributed by atoms with van der Waals surface area (Å²) in [6, 6.07) is 6.02. The minimum absolute atomic E-state index is 0.280. The van der Waals surface area contributed by atoms with Crippen LogP contribution in [0, 0.1) is 5.92 Å². The zero-order valence-electron chi connectivity index (χ0n) is 9.33. The predicted octanol–water partition coefficient (Wildman–Crippen LogP) is 3.50. The number of benzene rings is 1. The summed E-state index contributed by atoms with van der Waals surface area (Å²) >= 11 is 11.9. The fraction of sp³-hybridized carbons (Fsp3) is 0.462. The van der Waals surface area contributed by atoms with Gasteiger partial charge in [-0.2, -0.15) is 0 Å². The van der Waals surface area contributed by atoms with Crippen molar-refractivity contribution in [2.24, 2.45) is 5.92 Å². The number of halogens is 2. The van der Waals surface area contributed by atoms with Gasteiger partial charge in [0.2, 0.25) is 5.91 Å². The molecule has 0 N–H and O–H groups in total. The molecule has 17 heavy (non-hydrogen) atoms. The van der Waals surface area contributed by atoms with Crippen molar-refractivity contribution < 1.29 is 4.79 Å². The first kappa shape index (κ1) is 11.4. The number of amides is 1. The van der Waals surface area contributed by atoms with Gasteiger partial charge in [-0.3, -0.25) is 4.79 Å². The monoisotopic (exact) mass is 269 g/mol. The lowest BCUT2D eigenvalue weighted by Gasteiger charge is -2.27. The second kappa shape index (κ2) is 4.18. The summed E-state index contributed by atoms with van der Waals surface area (Å²) in [6.07, 6.45) is 3.26. The lowest BCUT2D eigenvalue weighted by atomic mass is 10.1. The second-order valence-corrected chi connectivity index (χ2v) is 5.69. The Bertz CT molecular complexity index is 474. The maximum absolute atomic E-state index is 12.0. The molecule has 3 rings (SSSR count). The van der Waals surface area contributed by atoms with E-state index in [0.29, 0.717) is 28.5 Å². The standard InChI is InChI=1S/C13H13Cl2NO/c14-11-4-1-8(5-12(11)15)7-16-10-3-2-9(6-10)13(16)17/h1,4-5,9-10H,2-3,6-7H2/t9-,10+/m1/s1. The molecule has 0 radical (unpaired) electrons. The third kappa shape index (κ3) is 1.94. The molecule has 2 bridgehead atoms. The third-order valence-electron chi connectivity index (χ3n) is 3.81. The molecule has 2 nitrogen and oxygen atoms in total. The average molecular weight is 270 g/mol. The molecule has 1 aromatic carbocycles. The van der Waals surface area contributed by atoms with Crippen LogP contribution in [0.15, 0.2) is 18.2 Å². The summed E-state index contributed by atoms with van der Waals surface area (Å²) in [5.74, 6) is 0.593. The summed E-state index contributed by atoms with van der Waals surface area (Å²) in [7, 11) is 0. The van der Waals surface area contributed by atoms with Gasteiger partial charge in [0.25, 0.3) is 0 Å². The van der Waals surface area contributed by atoms with E-state index in [-0.39, 0.29) is 5.92 Å². The Balaban J connectivity index is 1.79. The zero-order chi connectivity index (χ0) is 12.0. The highest BCUT2D eigenvalue weighted by molar-refractivity contribution is 6.42. The molecule has 0 spiro atoms. The van der Waals surface area contributed by atoms with Gasteiger partial charge < -0.3 is 4.90 Å². The molecule has 1 aliphatic carbocycles. The van der Waals surface area contributed by atoms with Crippen LogP contribution in [0.5, 0.6) is 0 Å². The number of likely N-dealkylation sites (tertiary alicyclic amines) is 1. The van der Waals surface area contributed by atoms with Gasteiger partial charge in [-0.1, -0.05) is 29.3 Å². The van der Waals surface area contributed by atoms with Crippen LogP contribution in [-0.4, -0.2) is 16.8 Å². The quantitative estimate of drug-likeness (QED) is 0.805. The second-order valence-electron chi connectivity index (χ2n) is 4.88. The van der Waals surface area contributed by atoms with Gasteiger partial charge in [-0.25, -0.2) is 0 Å². The lowest BCUT2D eigenvalue weighted by molar-refractivity contribution is -0.134. The van der Waals surface area contributed by atoms with Crippen molar-refractivity contribution in [2.45, 2.75) is 31.8 Å². The van der Waals surface area contributed by atoms with Gasteiger partial charge in [-0.15, -0.1) is 0 Å². The Morgan fingerprint density at radius 3 is 2.71 bits per heavy atom. The van der Waals surface area contributed by atoms with E-state index in [1.54, 1.807) is 6.07 Å². The van der Waals surface area contributed by atoms with E-state index in [1.165, 1.54) is 0 Å². The number of piperidine rings is 1. The molecule has 90 valence electrons. The first-order chi connectivity index (χ1) is 8.15. The molecule has 2 aliphatic rings. The van der Waals surface area contributed by atoms with E-state index in [0.717, 1.165) is 24.8 Å². The Kier molecular flexibility index (Phi) is 2.80. The minimum atomic E-state index is 0.280. The first-order valence-corrected chi connectivity index (χ1v) is 6.65. The smallest absolute Gasteiger partial charge is 0.226 e. The zero-order valence-corrected chi connectivity index (χ0v) is 10.8. The number of rotatable bonds is 2. The van der Waals surface area contributed by atoms with Crippen molar-refractivity contribution in [3.8, 4) is 0 Å². The van der Waals surface area contributed by atoms with Crippen LogP contribution in [0.25, 0.3) is 0 Å². The number of hydrogen-bond donors (Lipinski definition) is 0. The summed E-state index contributed by atoms with van der Waals surface area (Å²) in [6.45, 7) is 0.664. The fourth-order valence-corrected chi connectivity index (χ4v) is 3.24. The number of hydrogen-bond acceptors (Lipinski definition) is 1. The van der Waals surface area contributed by atoms with Crippen LogP contribution < -0.4 is 0 Å². The molecular weight excluding hydrogens is 257 g/mol. The third-order valence-corrected chi connectivity index (χ3v) is 4.55. The first-order valence-electron chi connectivity index (χ1n) is 5.89. The topological polar surface area (TPSA) is 20.3 Å². The van der Waals surface area contributed by atoms with Crippen LogP contribution in [0.4, 0.5) is 0 Å². The molecule has 1 saturated heterocycles. The minimum Gasteiger partial charge on any atom is -0.335 e. The summed E-state index contributed by atoms with van der Waals surface area (Å²) in [4.78, 5) is 14.0. The van der Waals surface area contributed by atoms with Gasteiger partial charge in [0.15, 0.2) is 0 Å². The molecule has 0 unspecified atom stereocenters. The molecular formula is C13H13Cl2NO. The van der Waals surface area contributed by atoms with Gasteiger partial charge in [-0.05, 0) is 37.0 Å². The molecule has 1 aromatic rings. The van der Waals surface area contributed by atoms with Crippen molar-refractivity contribution in [1.29, 1.82) is 0 Å². The molecule has 4 heteroatoms. The van der Waals surface area contributed by atoms with Crippen LogP contribution in [0.3, 0.4) is 0 Å². The fourth-order valence-electron chi connectivity index (χ4n) is 2.92. The molecule has 1 aliphatic heterocycles. The lowest BCUT2D eigenvalue weighted by Crippen LogP contribution is -2.36. The highest BCUT2D eigenvalue weighted by atomic mass is 35.5. The number of carbonyl (C=O) groups is 1. The Morgan fingerprint density at radius 1 is 1.24 bits per heavy atom. The normalized spacial score (nSPS) is 26.9. The van der Waals surface area contributed by atoms with Crippen molar-refractivity contribution in [3.05, 3.63) is 33.8 Å². The van der Waals surface area contributed by atoms with E-state index in [2.05, 4.69) is 0 Å². The molecule has 1 heterocycles. The Morgan fingerprint density at radius 2 is 2.06 bits per heavy atom. The molecule has 1 saturated carbocycles. The summed E-state index contributed by atoms with van der Waals surface area (Å²) in [5, 5.41) is 1.12. The maximum atomic E-state index is 12.0. The number of nitrogens with zero attached hydrogens (tertiary/aromatic N) is 1. The van der Waals surface area contributed by atoms with E-state index in [4.69, 9.17) is 23.2 Å². The van der Waals surface area contributed by atoms with Gasteiger partial charge in [0.05, 0.1) is 10.0 Å². The predicted molar refractivity (Wildman–Crippen MR) is 68.1 cm³/mol. The molecule has 2 atom stereocenters. The Hall–Kier alpha value is -0.730. The van der Waals surface area contributed by atoms with Gasteiger partial charge in [0.1, 0.15) is 0 Å². The number of carbonyl (C=O) groups excluding carboxylic acids is 1. The van der Waals surface area contributed by atoms with Crippen molar-refractivity contribution >= 4 is 29.1 Å². The average Bonchev–Trinajstić information content (AvgIpc) is 2.87. The van der Waals surface area contributed by atoms with Crippen molar-refractivity contribution in [1.82, 2.24) is 4.90 Å². The number of fused-ring (bicyclic) bond motifs is 2. The van der Waals surface area contributed by atoms with Crippen LogP contribution >= 0.6 is 23.2 Å². The maximum Gasteiger partial charge on any atom is 0.226 e. The van der Waals surface area contributed by atoms with Crippen LogP contribution in [0.2, 0.25) is 10.0 Å². The SMILES string of the molecule is O=C1[C@@H]2CC[C@@H](C2)N1Cc1ccc(Cl)c(Cl)c1. The van der Waals surface area contributed by atoms with Crippen LogP contribution in [0.1, 0.15) is 24.8 Å². The summed E-state index contributed by atoms with van der Waals surface area (Å²) in [5.41, 5.74) is 1.06. The van der Waals surface area contributed by atoms with E-state index in [9.17, 15) is 4.79 Å². The molecule has 1 amide bonds. The van der Waals surface area contributed by atoms with Crippen LogP contribution in [-0.2, 0) is 11.3 Å². The van der Waals surface area contributed by atoms with Gasteiger partial charge >= 0.3 is 0 Å². The Labute approximate surface area is 111 Å². The van der Waals surface area contributed by atoms with E-state index < -0.39 is 0 Å². The van der Waals surface area contributed by atoms with E-state index in [1.807, 2.05) is 17.0 Å². The molecule has 2 fully saturated rings. The largest absolute Gasteiger partial charge is 0.335 e. The summed E-state index contributed by atoms with van der Waals surface area (Å²) < 4.78 is 0. The highest BCUT2D eigenvalue weighted by Gasteiger charge is 2.44. The van der Waals surface area contributed by atoms with E-state index >= 15 is 0 Å². The highest BCUT2D eigenvalue weighted by Crippen LogP contribution is 2.39. The molecule has 0 aromatic heterocycles. The van der Waals surface area contributed by atoms with Crippen molar-refractivity contribution in [2.75, 3.05) is 0 Å². The van der Waals surface area contributed by atoms with Crippen molar-refractivity contribution in [3.63, 3.8) is 0 Å².